The molecule has 3 fully saturated rings. The van der Waals surface area contributed by atoms with Gasteiger partial charge in [0.25, 0.3) is 0 Å². The van der Waals surface area contributed by atoms with Crippen molar-refractivity contribution in [2.45, 2.75) is 51.5 Å². The van der Waals surface area contributed by atoms with Gasteiger partial charge in [-0.3, -0.25) is 4.98 Å². The van der Waals surface area contributed by atoms with Gasteiger partial charge in [0.05, 0.1) is 45.0 Å². The quantitative estimate of drug-likeness (QED) is 0.527. The topological polar surface area (TPSA) is 93.9 Å². The molecule has 174 valence electrons. The Morgan fingerprint density at radius 2 is 1.94 bits per heavy atom. The van der Waals surface area contributed by atoms with Gasteiger partial charge in [-0.25, -0.2) is 23.1 Å². The monoisotopic (exact) mass is 484 g/mol. The molecule has 2 saturated heterocycles. The molecule has 8 nitrogen and oxygen atoms in total. The first-order valence-electron chi connectivity index (χ1n) is 11.8. The standard InChI is InChI=1S/C23H28N6O2S2/c1-15-21(32-20(25-15)12-16-4-5-16)23-26-22(27-29(23)18-8-11-33(30,31)14-18)19-7-6-17(13-24-19)28-9-2-3-10-28/h6-7,13,16,18H,2-5,8-12,14H2,1H3. The molecule has 1 unspecified atom stereocenters. The molecular formula is C23H28N6O2S2. The molecule has 3 aliphatic rings. The summed E-state index contributed by atoms with van der Waals surface area (Å²) in [7, 11) is -3.05. The number of thiazole rings is 1. The average molecular weight is 485 g/mol. The van der Waals surface area contributed by atoms with Crippen LogP contribution in [-0.2, 0) is 16.3 Å². The van der Waals surface area contributed by atoms with Crippen molar-refractivity contribution in [3.63, 3.8) is 0 Å². The van der Waals surface area contributed by atoms with Crippen LogP contribution in [0.25, 0.3) is 22.2 Å². The number of aromatic nitrogens is 5. The Labute approximate surface area is 198 Å². The van der Waals surface area contributed by atoms with Gasteiger partial charge in [0.2, 0.25) is 0 Å². The van der Waals surface area contributed by atoms with Crippen LogP contribution in [-0.4, -0.2) is 57.7 Å². The maximum absolute atomic E-state index is 12.2. The van der Waals surface area contributed by atoms with Crippen molar-refractivity contribution in [3.8, 4) is 22.2 Å². The summed E-state index contributed by atoms with van der Waals surface area (Å²) in [5.74, 6) is 2.32. The van der Waals surface area contributed by atoms with E-state index >= 15 is 0 Å². The Morgan fingerprint density at radius 3 is 2.61 bits per heavy atom. The number of pyridine rings is 1. The molecule has 6 rings (SSSR count). The summed E-state index contributed by atoms with van der Waals surface area (Å²) in [6, 6.07) is 3.85. The molecule has 0 spiro atoms. The minimum atomic E-state index is -3.05. The molecule has 2 aliphatic heterocycles. The van der Waals surface area contributed by atoms with E-state index in [4.69, 9.17) is 15.1 Å². The minimum Gasteiger partial charge on any atom is -0.370 e. The van der Waals surface area contributed by atoms with Crippen molar-refractivity contribution >= 4 is 26.9 Å². The van der Waals surface area contributed by atoms with Gasteiger partial charge in [-0.05, 0) is 57.1 Å². The fraction of sp³-hybridized carbons (Fsp3) is 0.565. The molecule has 3 aromatic rings. The highest BCUT2D eigenvalue weighted by Crippen LogP contribution is 2.38. The van der Waals surface area contributed by atoms with Crippen LogP contribution in [0.5, 0.6) is 0 Å². The molecule has 1 aliphatic carbocycles. The van der Waals surface area contributed by atoms with Crippen LogP contribution in [0.1, 0.15) is 48.8 Å². The van der Waals surface area contributed by atoms with E-state index in [-0.39, 0.29) is 17.5 Å². The van der Waals surface area contributed by atoms with E-state index in [2.05, 4.69) is 16.0 Å². The fourth-order valence-corrected chi connectivity index (χ4v) is 7.66. The van der Waals surface area contributed by atoms with E-state index in [0.29, 0.717) is 17.9 Å². The molecule has 0 radical (unpaired) electrons. The van der Waals surface area contributed by atoms with Crippen LogP contribution in [0.15, 0.2) is 18.3 Å². The summed E-state index contributed by atoms with van der Waals surface area (Å²) >= 11 is 1.67. The van der Waals surface area contributed by atoms with E-state index < -0.39 is 9.84 Å². The predicted molar refractivity (Wildman–Crippen MR) is 129 cm³/mol. The molecular weight excluding hydrogens is 456 g/mol. The second-order valence-corrected chi connectivity index (χ2v) is 12.8. The van der Waals surface area contributed by atoms with Crippen LogP contribution in [0.3, 0.4) is 0 Å². The van der Waals surface area contributed by atoms with Gasteiger partial charge in [-0.1, -0.05) is 0 Å². The molecule has 33 heavy (non-hydrogen) atoms. The first-order chi connectivity index (χ1) is 15.9. The molecule has 5 heterocycles. The SMILES string of the molecule is Cc1nc(CC2CC2)sc1-c1nc(-c2ccc(N3CCCC3)cn2)nn1C1CCS(=O)(=O)C1. The summed E-state index contributed by atoms with van der Waals surface area (Å²) < 4.78 is 26.3. The van der Waals surface area contributed by atoms with Crippen LogP contribution >= 0.6 is 11.3 Å². The third-order valence-electron chi connectivity index (χ3n) is 6.84. The maximum atomic E-state index is 12.2. The third-order valence-corrected chi connectivity index (χ3v) is 9.76. The van der Waals surface area contributed by atoms with Crippen molar-refractivity contribution in [1.82, 2.24) is 24.7 Å². The van der Waals surface area contributed by atoms with Crippen LogP contribution < -0.4 is 4.90 Å². The zero-order valence-corrected chi connectivity index (χ0v) is 20.4. The van der Waals surface area contributed by atoms with Crippen LogP contribution in [0.4, 0.5) is 5.69 Å². The Balaban J connectivity index is 1.37. The zero-order valence-electron chi connectivity index (χ0n) is 18.8. The van der Waals surface area contributed by atoms with Gasteiger partial charge in [-0.15, -0.1) is 16.4 Å². The molecule has 0 N–H and O–H groups in total. The van der Waals surface area contributed by atoms with E-state index in [1.165, 1.54) is 25.7 Å². The number of nitrogens with zero attached hydrogens (tertiary/aromatic N) is 6. The smallest absolute Gasteiger partial charge is 0.200 e. The lowest BCUT2D eigenvalue weighted by atomic mass is 10.2. The lowest BCUT2D eigenvalue weighted by molar-refractivity contribution is 0.505. The van der Waals surface area contributed by atoms with Gasteiger partial charge in [0.1, 0.15) is 5.69 Å². The molecule has 0 amide bonds. The largest absolute Gasteiger partial charge is 0.370 e. The first kappa shape index (κ1) is 21.2. The number of hydrogen-bond donors (Lipinski definition) is 0. The Kier molecular flexibility index (Phi) is 5.25. The second-order valence-electron chi connectivity index (χ2n) is 9.53. The number of rotatable bonds is 6. The van der Waals surface area contributed by atoms with E-state index in [1.807, 2.05) is 23.9 Å². The van der Waals surface area contributed by atoms with Crippen molar-refractivity contribution in [2.75, 3.05) is 29.5 Å². The first-order valence-corrected chi connectivity index (χ1v) is 14.4. The van der Waals surface area contributed by atoms with Crippen molar-refractivity contribution < 1.29 is 8.42 Å². The molecule has 1 atom stereocenters. The molecule has 3 aromatic heterocycles. The normalized spacial score (nSPS) is 22.3. The van der Waals surface area contributed by atoms with E-state index in [9.17, 15) is 8.42 Å². The van der Waals surface area contributed by atoms with Gasteiger partial charge >= 0.3 is 0 Å². The van der Waals surface area contributed by atoms with Crippen molar-refractivity contribution in [3.05, 3.63) is 29.0 Å². The predicted octanol–water partition coefficient (Wildman–Crippen LogP) is 3.68. The molecule has 10 heteroatoms. The van der Waals surface area contributed by atoms with E-state index in [0.717, 1.165) is 52.5 Å². The van der Waals surface area contributed by atoms with Gasteiger partial charge in [0.15, 0.2) is 21.5 Å². The van der Waals surface area contributed by atoms with Crippen LogP contribution in [0, 0.1) is 12.8 Å². The highest BCUT2D eigenvalue weighted by Gasteiger charge is 2.33. The molecule has 0 bridgehead atoms. The van der Waals surface area contributed by atoms with Gasteiger partial charge in [0, 0.05) is 19.5 Å². The summed E-state index contributed by atoms with van der Waals surface area (Å²) in [4.78, 5) is 17.7. The lowest BCUT2D eigenvalue weighted by Gasteiger charge is -2.16. The van der Waals surface area contributed by atoms with Gasteiger partial charge in [-0.2, -0.15) is 0 Å². The highest BCUT2D eigenvalue weighted by atomic mass is 32.2. The zero-order chi connectivity index (χ0) is 22.6. The average Bonchev–Trinajstić information content (AvgIpc) is 3.21. The number of anilines is 1. The van der Waals surface area contributed by atoms with E-state index in [1.54, 1.807) is 11.3 Å². The Hall–Kier alpha value is -2.33. The lowest BCUT2D eigenvalue weighted by Crippen LogP contribution is -2.17. The Morgan fingerprint density at radius 1 is 1.12 bits per heavy atom. The highest BCUT2D eigenvalue weighted by molar-refractivity contribution is 7.91. The molecule has 1 saturated carbocycles. The summed E-state index contributed by atoms with van der Waals surface area (Å²) in [6.45, 7) is 4.15. The number of hydrogen-bond acceptors (Lipinski definition) is 8. The summed E-state index contributed by atoms with van der Waals surface area (Å²) in [5.41, 5.74) is 2.77. The van der Waals surface area contributed by atoms with Crippen LogP contribution in [0.2, 0.25) is 0 Å². The van der Waals surface area contributed by atoms with Gasteiger partial charge < -0.3 is 4.90 Å². The number of aryl methyl sites for hydroxylation is 1. The number of sulfone groups is 1. The fourth-order valence-electron chi connectivity index (χ4n) is 4.81. The summed E-state index contributed by atoms with van der Waals surface area (Å²) in [5, 5.41) is 5.93. The van der Waals surface area contributed by atoms with Crippen molar-refractivity contribution in [2.24, 2.45) is 5.92 Å². The maximum Gasteiger partial charge on any atom is 0.200 e. The van der Waals surface area contributed by atoms with Crippen molar-refractivity contribution in [1.29, 1.82) is 0 Å². The second kappa shape index (κ2) is 8.16. The third kappa shape index (κ3) is 4.30. The summed E-state index contributed by atoms with van der Waals surface area (Å²) in [6.07, 6.45) is 8.49. The minimum absolute atomic E-state index is 0.108. The Bertz CT molecular complexity index is 1270. The molecule has 0 aromatic carbocycles.